The maximum atomic E-state index is 11.6. The minimum atomic E-state index is -0.521. The van der Waals surface area contributed by atoms with Crippen LogP contribution in [0.2, 0.25) is 0 Å². The molecule has 0 unspecified atom stereocenters. The largest absolute Gasteiger partial charge is 0.452 e. The first-order chi connectivity index (χ1) is 11.4. The highest BCUT2D eigenvalue weighted by Crippen LogP contribution is 2.21. The molecule has 2 aromatic carbocycles. The van der Waals surface area contributed by atoms with Crippen LogP contribution in [0.15, 0.2) is 60.7 Å². The van der Waals surface area contributed by atoms with Gasteiger partial charge in [-0.3, -0.25) is 0 Å². The number of carbonyl (C=O) groups excluding carboxylic acids is 1. The molecule has 2 rings (SSSR count). The molecule has 2 aromatic rings. The first-order valence-corrected chi connectivity index (χ1v) is 7.96. The van der Waals surface area contributed by atoms with E-state index in [1.54, 1.807) is 6.08 Å². The average Bonchev–Trinajstić information content (AvgIpc) is 2.57. The van der Waals surface area contributed by atoms with Crippen molar-refractivity contribution in [1.82, 2.24) is 0 Å². The van der Waals surface area contributed by atoms with Crippen LogP contribution in [0.5, 0.6) is 0 Å². The molecule has 0 N–H and O–H groups in total. The zero-order chi connectivity index (χ0) is 17.4. The Morgan fingerprint density at radius 3 is 2.33 bits per heavy atom. The predicted molar refractivity (Wildman–Crippen MR) is 98.5 cm³/mol. The van der Waals surface area contributed by atoms with Crippen LogP contribution in [0.4, 0.5) is 0 Å². The Hall–Kier alpha value is -2.79. The lowest BCUT2D eigenvalue weighted by Gasteiger charge is -2.18. The van der Waals surface area contributed by atoms with Crippen molar-refractivity contribution in [2.45, 2.75) is 26.2 Å². The summed E-state index contributed by atoms with van der Waals surface area (Å²) in [4.78, 5) is 11.6. The van der Waals surface area contributed by atoms with Gasteiger partial charge in [-0.25, -0.2) is 4.79 Å². The van der Waals surface area contributed by atoms with E-state index in [1.165, 1.54) is 5.56 Å². The Morgan fingerprint density at radius 1 is 1.04 bits per heavy atom. The molecule has 122 valence electrons. The van der Waals surface area contributed by atoms with Gasteiger partial charge in [-0.2, -0.15) is 0 Å². The number of carbonyl (C=O) groups is 1. The van der Waals surface area contributed by atoms with Crippen LogP contribution in [0.25, 0.3) is 6.08 Å². The van der Waals surface area contributed by atoms with Gasteiger partial charge in [-0.05, 0) is 34.8 Å². The maximum absolute atomic E-state index is 11.6. The van der Waals surface area contributed by atoms with Crippen LogP contribution in [0.3, 0.4) is 0 Å². The minimum Gasteiger partial charge on any atom is -0.452 e. The van der Waals surface area contributed by atoms with Crippen molar-refractivity contribution in [1.29, 1.82) is 0 Å². The third-order valence-electron chi connectivity index (χ3n) is 3.48. The highest BCUT2D eigenvalue weighted by Gasteiger charge is 2.12. The van der Waals surface area contributed by atoms with Gasteiger partial charge in [0.2, 0.25) is 0 Å². The van der Waals surface area contributed by atoms with Crippen LogP contribution >= 0.6 is 0 Å². The zero-order valence-corrected chi connectivity index (χ0v) is 14.4. The second kappa shape index (κ2) is 8.17. The number of ether oxygens (including phenoxy) is 1. The average molecular weight is 318 g/mol. The van der Waals surface area contributed by atoms with Gasteiger partial charge in [0.1, 0.15) is 6.61 Å². The molecule has 0 saturated carbocycles. The summed E-state index contributed by atoms with van der Waals surface area (Å²) in [5.41, 5.74) is 3.22. The van der Waals surface area contributed by atoms with Crippen LogP contribution in [0, 0.1) is 11.8 Å². The summed E-state index contributed by atoms with van der Waals surface area (Å²) in [6.45, 7) is 6.70. The molecule has 0 heterocycles. The molecular formula is C22H22O2. The molecule has 0 atom stereocenters. The van der Waals surface area contributed by atoms with E-state index in [-0.39, 0.29) is 12.0 Å². The van der Waals surface area contributed by atoms with Gasteiger partial charge in [-0.15, -0.1) is 0 Å². The third kappa shape index (κ3) is 5.78. The molecule has 0 aliphatic carbocycles. The van der Waals surface area contributed by atoms with Crippen LogP contribution < -0.4 is 0 Å². The Labute approximate surface area is 144 Å². The molecule has 0 saturated heterocycles. The van der Waals surface area contributed by atoms with Crippen molar-refractivity contribution in [2.24, 2.45) is 0 Å². The van der Waals surface area contributed by atoms with Gasteiger partial charge in [0.05, 0.1) is 0 Å². The summed E-state index contributed by atoms with van der Waals surface area (Å²) >= 11 is 0. The van der Waals surface area contributed by atoms with Crippen LogP contribution in [0.1, 0.15) is 37.5 Å². The number of hydrogen-bond acceptors (Lipinski definition) is 2. The quantitative estimate of drug-likeness (QED) is 0.611. The van der Waals surface area contributed by atoms with E-state index >= 15 is 0 Å². The Kier molecular flexibility index (Phi) is 5.98. The molecule has 2 heteroatoms. The van der Waals surface area contributed by atoms with Crippen molar-refractivity contribution >= 4 is 12.0 Å². The SMILES string of the molecule is CC(C)(C)c1ccc(C#CC(=O)OC/C=C/c2ccccc2)cc1. The summed E-state index contributed by atoms with van der Waals surface area (Å²) < 4.78 is 5.06. The predicted octanol–water partition coefficient (Wildman–Crippen LogP) is 4.59. The summed E-state index contributed by atoms with van der Waals surface area (Å²) in [7, 11) is 0. The fraction of sp³-hybridized carbons (Fsp3) is 0.227. The molecule has 0 bridgehead atoms. The smallest absolute Gasteiger partial charge is 0.385 e. The molecule has 0 spiro atoms. The lowest BCUT2D eigenvalue weighted by molar-refractivity contribution is -0.135. The normalized spacial score (nSPS) is 11.0. The minimum absolute atomic E-state index is 0.107. The standard InChI is InChI=1S/C22H22O2/c1-22(2,3)20-14-11-19(12-15-20)13-16-21(23)24-17-7-10-18-8-5-4-6-9-18/h4-12,14-15H,17H2,1-3H3/b10-7+. The zero-order valence-electron chi connectivity index (χ0n) is 14.4. The van der Waals surface area contributed by atoms with E-state index in [9.17, 15) is 4.79 Å². The van der Waals surface area contributed by atoms with Gasteiger partial charge in [-0.1, -0.05) is 75.2 Å². The van der Waals surface area contributed by atoms with Crippen molar-refractivity contribution in [3.63, 3.8) is 0 Å². The van der Waals surface area contributed by atoms with Gasteiger partial charge in [0.25, 0.3) is 0 Å². The fourth-order valence-electron chi connectivity index (χ4n) is 2.08. The van der Waals surface area contributed by atoms with Crippen molar-refractivity contribution in [3.05, 3.63) is 77.4 Å². The van der Waals surface area contributed by atoms with Crippen LogP contribution in [-0.4, -0.2) is 12.6 Å². The number of rotatable bonds is 3. The van der Waals surface area contributed by atoms with E-state index in [1.807, 2.05) is 60.7 Å². The van der Waals surface area contributed by atoms with E-state index in [0.29, 0.717) is 0 Å². The monoisotopic (exact) mass is 318 g/mol. The molecule has 0 radical (unpaired) electrons. The number of benzene rings is 2. The third-order valence-corrected chi connectivity index (χ3v) is 3.48. The van der Waals surface area contributed by atoms with Crippen molar-refractivity contribution < 1.29 is 9.53 Å². The number of esters is 1. The second-order valence-corrected chi connectivity index (χ2v) is 6.49. The molecule has 24 heavy (non-hydrogen) atoms. The van der Waals surface area contributed by atoms with Crippen LogP contribution in [-0.2, 0) is 14.9 Å². The first kappa shape index (κ1) is 17.6. The molecule has 2 nitrogen and oxygen atoms in total. The highest BCUT2D eigenvalue weighted by molar-refractivity contribution is 5.89. The molecule has 0 aliphatic heterocycles. The molecule has 0 aromatic heterocycles. The lowest BCUT2D eigenvalue weighted by Crippen LogP contribution is -2.10. The van der Waals surface area contributed by atoms with E-state index < -0.39 is 5.97 Å². The fourth-order valence-corrected chi connectivity index (χ4v) is 2.08. The molecule has 0 aliphatic rings. The Balaban J connectivity index is 1.85. The van der Waals surface area contributed by atoms with E-state index in [2.05, 4.69) is 32.6 Å². The Morgan fingerprint density at radius 2 is 1.71 bits per heavy atom. The van der Waals surface area contributed by atoms with Gasteiger partial charge in [0, 0.05) is 11.5 Å². The van der Waals surface area contributed by atoms with Crippen molar-refractivity contribution in [3.8, 4) is 11.8 Å². The first-order valence-electron chi connectivity index (χ1n) is 7.96. The Bertz CT molecular complexity index is 752. The lowest BCUT2D eigenvalue weighted by atomic mass is 9.87. The summed E-state index contributed by atoms with van der Waals surface area (Å²) in [5.74, 6) is 4.82. The second-order valence-electron chi connectivity index (χ2n) is 6.49. The maximum Gasteiger partial charge on any atom is 0.385 e. The topological polar surface area (TPSA) is 26.3 Å². The summed E-state index contributed by atoms with van der Waals surface area (Å²) in [6.07, 6.45) is 3.71. The summed E-state index contributed by atoms with van der Waals surface area (Å²) in [5, 5.41) is 0. The number of hydrogen-bond donors (Lipinski definition) is 0. The van der Waals surface area contributed by atoms with Gasteiger partial charge < -0.3 is 4.74 Å². The van der Waals surface area contributed by atoms with Gasteiger partial charge >= 0.3 is 5.97 Å². The van der Waals surface area contributed by atoms with E-state index in [0.717, 1.165) is 11.1 Å². The highest BCUT2D eigenvalue weighted by atomic mass is 16.5. The molecule has 0 fully saturated rings. The van der Waals surface area contributed by atoms with Crippen molar-refractivity contribution in [2.75, 3.05) is 6.61 Å². The molecular weight excluding hydrogens is 296 g/mol. The van der Waals surface area contributed by atoms with E-state index in [4.69, 9.17) is 4.74 Å². The summed E-state index contributed by atoms with van der Waals surface area (Å²) in [6, 6.07) is 17.8. The molecule has 0 amide bonds. The van der Waals surface area contributed by atoms with Gasteiger partial charge in [0.15, 0.2) is 0 Å².